The Morgan fingerprint density at radius 3 is 2.87 bits per heavy atom. The van der Waals surface area contributed by atoms with Gasteiger partial charge in [-0.05, 0) is 11.6 Å². The van der Waals surface area contributed by atoms with E-state index in [2.05, 4.69) is 4.98 Å². The van der Waals surface area contributed by atoms with Gasteiger partial charge in [-0.15, -0.1) is 0 Å². The zero-order chi connectivity index (χ0) is 10.8. The Hall–Kier alpha value is -0.680. The quantitative estimate of drug-likeness (QED) is 0.741. The number of nitrogens with zero attached hydrogens (tertiary/aromatic N) is 1. The molecule has 0 aromatic carbocycles. The van der Waals surface area contributed by atoms with E-state index >= 15 is 0 Å². The van der Waals surface area contributed by atoms with Crippen LogP contribution >= 0.6 is 11.6 Å². The van der Waals surface area contributed by atoms with Crippen molar-refractivity contribution in [3.05, 3.63) is 29.0 Å². The van der Waals surface area contributed by atoms with Crippen LogP contribution in [-0.4, -0.2) is 34.0 Å². The molecule has 0 saturated carbocycles. The summed E-state index contributed by atoms with van der Waals surface area (Å²) in [6, 6.07) is 3.49. The predicted molar refractivity (Wildman–Crippen MR) is 54.6 cm³/mol. The number of ether oxygens (including phenoxy) is 1. The van der Waals surface area contributed by atoms with Crippen molar-refractivity contribution in [2.75, 3.05) is 6.61 Å². The third-order valence-corrected chi connectivity index (χ3v) is 2.75. The van der Waals surface area contributed by atoms with Gasteiger partial charge in [0.1, 0.15) is 11.3 Å². The van der Waals surface area contributed by atoms with Crippen LogP contribution in [0.15, 0.2) is 18.3 Å². The number of hydrogen-bond acceptors (Lipinski definition) is 4. The molecule has 0 amide bonds. The smallest absolute Gasteiger partial charge is 0.129 e. The molecule has 82 valence electrons. The van der Waals surface area contributed by atoms with Gasteiger partial charge in [-0.2, -0.15) is 0 Å². The van der Waals surface area contributed by atoms with E-state index in [0.29, 0.717) is 11.6 Å². The molecular weight excluding hydrogens is 218 g/mol. The van der Waals surface area contributed by atoms with Crippen molar-refractivity contribution >= 4 is 11.6 Å². The molecule has 1 aliphatic rings. The van der Waals surface area contributed by atoms with Gasteiger partial charge in [0.05, 0.1) is 18.8 Å². The maximum absolute atomic E-state index is 9.54. The molecule has 0 spiro atoms. The van der Waals surface area contributed by atoms with Crippen molar-refractivity contribution in [1.82, 2.24) is 4.98 Å². The summed E-state index contributed by atoms with van der Waals surface area (Å²) in [6.45, 7) is -0.168. The van der Waals surface area contributed by atoms with Crippen molar-refractivity contribution in [2.45, 2.75) is 24.7 Å². The molecule has 1 aliphatic heterocycles. The number of hydrogen-bond donors (Lipinski definition) is 2. The highest BCUT2D eigenvalue weighted by atomic mass is 35.5. The lowest BCUT2D eigenvalue weighted by molar-refractivity contribution is -0.0226. The first-order chi connectivity index (χ1) is 7.20. The van der Waals surface area contributed by atoms with Gasteiger partial charge in [-0.3, -0.25) is 0 Å². The Bertz CT molecular complexity index is 330. The fourth-order valence-corrected chi connectivity index (χ4v) is 1.80. The minimum Gasteiger partial charge on any atom is -0.394 e. The molecule has 1 fully saturated rings. The molecule has 2 heterocycles. The lowest BCUT2D eigenvalue weighted by atomic mass is 10.1. The summed E-state index contributed by atoms with van der Waals surface area (Å²) in [7, 11) is 0. The lowest BCUT2D eigenvalue weighted by Crippen LogP contribution is -2.24. The normalized spacial score (nSPS) is 30.7. The second-order valence-corrected chi connectivity index (χ2v) is 3.95. The molecule has 1 aromatic heterocycles. The third kappa shape index (κ3) is 2.29. The summed E-state index contributed by atoms with van der Waals surface area (Å²) in [4.78, 5) is 3.94. The minimum atomic E-state index is -0.615. The monoisotopic (exact) mass is 229 g/mol. The van der Waals surface area contributed by atoms with E-state index in [1.54, 1.807) is 12.3 Å². The Morgan fingerprint density at radius 2 is 2.33 bits per heavy atom. The topological polar surface area (TPSA) is 62.6 Å². The molecule has 0 unspecified atom stereocenters. The number of aromatic nitrogens is 1. The fraction of sp³-hybridized carbons (Fsp3) is 0.500. The number of aliphatic hydroxyl groups is 2. The number of pyridine rings is 1. The summed E-state index contributed by atoms with van der Waals surface area (Å²) < 4.78 is 5.47. The number of aliphatic hydroxyl groups excluding tert-OH is 2. The van der Waals surface area contributed by atoms with Crippen molar-refractivity contribution < 1.29 is 14.9 Å². The summed E-state index contributed by atoms with van der Waals surface area (Å²) in [5.41, 5.74) is 0.870. The molecule has 1 aromatic rings. The second-order valence-electron chi connectivity index (χ2n) is 3.56. The van der Waals surface area contributed by atoms with E-state index in [0.717, 1.165) is 5.56 Å². The van der Waals surface area contributed by atoms with Gasteiger partial charge in [0.2, 0.25) is 0 Å². The van der Waals surface area contributed by atoms with Gasteiger partial charge < -0.3 is 14.9 Å². The van der Waals surface area contributed by atoms with Crippen LogP contribution in [0.3, 0.4) is 0 Å². The van der Waals surface area contributed by atoms with E-state index in [9.17, 15) is 5.11 Å². The van der Waals surface area contributed by atoms with Crippen LogP contribution in [-0.2, 0) is 4.74 Å². The first kappa shape index (κ1) is 10.8. The van der Waals surface area contributed by atoms with Crippen molar-refractivity contribution in [1.29, 1.82) is 0 Å². The first-order valence-corrected chi connectivity index (χ1v) is 5.14. The molecule has 0 aliphatic carbocycles. The molecule has 3 atom stereocenters. The SMILES string of the molecule is OC[C@H]1O[C@@H](c2ccc(Cl)nc2)C[C@@H]1O. The van der Waals surface area contributed by atoms with Crippen molar-refractivity contribution in [3.63, 3.8) is 0 Å². The Balaban J connectivity index is 2.10. The molecule has 1 saturated heterocycles. The van der Waals surface area contributed by atoms with E-state index in [1.807, 2.05) is 6.07 Å². The highest BCUT2D eigenvalue weighted by molar-refractivity contribution is 6.29. The largest absolute Gasteiger partial charge is 0.394 e. The van der Waals surface area contributed by atoms with Crippen LogP contribution in [0.5, 0.6) is 0 Å². The third-order valence-electron chi connectivity index (χ3n) is 2.53. The Labute approximate surface area is 92.5 Å². The first-order valence-electron chi connectivity index (χ1n) is 4.76. The van der Waals surface area contributed by atoms with Crippen LogP contribution in [0.2, 0.25) is 5.15 Å². The molecule has 2 N–H and O–H groups in total. The van der Waals surface area contributed by atoms with Crippen LogP contribution in [0.1, 0.15) is 18.1 Å². The van der Waals surface area contributed by atoms with Crippen molar-refractivity contribution in [2.24, 2.45) is 0 Å². The van der Waals surface area contributed by atoms with Gasteiger partial charge in [-0.1, -0.05) is 17.7 Å². The molecule has 0 bridgehead atoms. The maximum Gasteiger partial charge on any atom is 0.129 e. The number of rotatable bonds is 2. The summed E-state index contributed by atoms with van der Waals surface area (Å²) in [5, 5.41) is 18.9. The highest BCUT2D eigenvalue weighted by Gasteiger charge is 2.34. The highest BCUT2D eigenvalue weighted by Crippen LogP contribution is 2.32. The van der Waals surface area contributed by atoms with E-state index in [1.165, 1.54) is 0 Å². The summed E-state index contributed by atoms with van der Waals surface area (Å²) in [6.07, 6.45) is 0.789. The van der Waals surface area contributed by atoms with Crippen LogP contribution in [0.4, 0.5) is 0 Å². The standard InChI is InChI=1S/C10H12ClNO3/c11-10-2-1-6(4-12-10)8-3-7(14)9(5-13)15-8/h1-2,4,7-9,13-14H,3,5H2/t7-,8+,9+/m0/s1. The summed E-state index contributed by atoms with van der Waals surface area (Å²) in [5.74, 6) is 0. The molecule has 0 radical (unpaired) electrons. The predicted octanol–water partition coefficient (Wildman–Crippen LogP) is 0.918. The van der Waals surface area contributed by atoms with Gasteiger partial charge in [0.25, 0.3) is 0 Å². The van der Waals surface area contributed by atoms with E-state index in [-0.39, 0.29) is 12.7 Å². The van der Waals surface area contributed by atoms with Gasteiger partial charge in [0, 0.05) is 12.6 Å². The second kappa shape index (κ2) is 4.45. The Morgan fingerprint density at radius 1 is 1.53 bits per heavy atom. The zero-order valence-corrected chi connectivity index (χ0v) is 8.76. The molecule has 5 heteroatoms. The van der Waals surface area contributed by atoms with Gasteiger partial charge in [0.15, 0.2) is 0 Å². The molecule has 2 rings (SSSR count). The van der Waals surface area contributed by atoms with E-state index < -0.39 is 12.2 Å². The van der Waals surface area contributed by atoms with Crippen LogP contribution in [0, 0.1) is 0 Å². The maximum atomic E-state index is 9.54. The molecule has 15 heavy (non-hydrogen) atoms. The van der Waals surface area contributed by atoms with E-state index in [4.69, 9.17) is 21.4 Å². The summed E-state index contributed by atoms with van der Waals surface area (Å²) >= 11 is 5.66. The van der Waals surface area contributed by atoms with Gasteiger partial charge >= 0.3 is 0 Å². The lowest BCUT2D eigenvalue weighted by Gasteiger charge is -2.11. The number of halogens is 1. The fourth-order valence-electron chi connectivity index (χ4n) is 1.69. The van der Waals surface area contributed by atoms with Crippen LogP contribution in [0.25, 0.3) is 0 Å². The minimum absolute atomic E-state index is 0.168. The average molecular weight is 230 g/mol. The zero-order valence-electron chi connectivity index (χ0n) is 8.01. The molecular formula is C10H12ClNO3. The average Bonchev–Trinajstić information content (AvgIpc) is 2.61. The van der Waals surface area contributed by atoms with Gasteiger partial charge in [-0.25, -0.2) is 4.98 Å². The van der Waals surface area contributed by atoms with Crippen LogP contribution < -0.4 is 0 Å². The Kier molecular flexibility index (Phi) is 3.21. The van der Waals surface area contributed by atoms with Crippen molar-refractivity contribution in [3.8, 4) is 0 Å². The molecule has 4 nitrogen and oxygen atoms in total.